The molecule has 2 rings (SSSR count). The highest BCUT2D eigenvalue weighted by molar-refractivity contribution is 5.11. The first-order valence-corrected chi connectivity index (χ1v) is 7.35. The van der Waals surface area contributed by atoms with E-state index in [1.807, 2.05) is 6.92 Å². The van der Waals surface area contributed by atoms with Crippen LogP contribution >= 0.6 is 0 Å². The molecule has 1 fully saturated rings. The lowest BCUT2D eigenvalue weighted by Gasteiger charge is -2.42. The van der Waals surface area contributed by atoms with Gasteiger partial charge >= 0.3 is 0 Å². The van der Waals surface area contributed by atoms with Gasteiger partial charge in [0.2, 0.25) is 0 Å². The Morgan fingerprint density at radius 2 is 2.00 bits per heavy atom. The van der Waals surface area contributed by atoms with Crippen LogP contribution in [0.1, 0.15) is 58.0 Å². The SMILES string of the molecule is CCOC1(c2nc(CN)cc(=O)[nH]2)CCC(C)(C)CC1. The molecule has 3 N–H and O–H groups in total. The average molecular weight is 279 g/mol. The van der Waals surface area contributed by atoms with Crippen LogP contribution in [0.25, 0.3) is 0 Å². The zero-order valence-corrected chi connectivity index (χ0v) is 12.7. The molecule has 1 aliphatic rings. The first-order chi connectivity index (χ1) is 9.41. The molecule has 0 aliphatic heterocycles. The molecule has 0 spiro atoms. The van der Waals surface area contributed by atoms with Crippen molar-refractivity contribution < 1.29 is 4.74 Å². The maximum Gasteiger partial charge on any atom is 0.251 e. The minimum Gasteiger partial charge on any atom is -0.367 e. The van der Waals surface area contributed by atoms with Crippen molar-refractivity contribution in [3.05, 3.63) is 27.9 Å². The van der Waals surface area contributed by atoms with Gasteiger partial charge in [-0.3, -0.25) is 4.79 Å². The number of nitrogens with zero attached hydrogens (tertiary/aromatic N) is 1. The predicted octanol–water partition coefficient (Wildman–Crippen LogP) is 2.06. The van der Waals surface area contributed by atoms with Crippen LogP contribution < -0.4 is 11.3 Å². The molecule has 1 aromatic heterocycles. The molecule has 0 amide bonds. The van der Waals surface area contributed by atoms with Gasteiger partial charge in [-0.25, -0.2) is 4.98 Å². The molecule has 1 heterocycles. The lowest BCUT2D eigenvalue weighted by Crippen LogP contribution is -2.40. The quantitative estimate of drug-likeness (QED) is 0.884. The fourth-order valence-electron chi connectivity index (χ4n) is 2.88. The Bertz CT molecular complexity index is 512. The minimum atomic E-state index is -0.464. The number of hydrogen-bond donors (Lipinski definition) is 2. The van der Waals surface area contributed by atoms with Crippen molar-refractivity contribution in [2.75, 3.05) is 6.61 Å². The van der Waals surface area contributed by atoms with E-state index in [0.717, 1.165) is 25.7 Å². The van der Waals surface area contributed by atoms with E-state index in [4.69, 9.17) is 10.5 Å². The third-order valence-corrected chi connectivity index (χ3v) is 4.27. The molecule has 5 nitrogen and oxygen atoms in total. The van der Waals surface area contributed by atoms with E-state index in [1.165, 1.54) is 6.07 Å². The zero-order chi connectivity index (χ0) is 14.8. The second-order valence-corrected chi connectivity index (χ2v) is 6.38. The Kier molecular flexibility index (Phi) is 4.30. The Hall–Kier alpha value is -1.20. The van der Waals surface area contributed by atoms with Crippen molar-refractivity contribution in [1.29, 1.82) is 0 Å². The summed E-state index contributed by atoms with van der Waals surface area (Å²) in [6.07, 6.45) is 3.88. The number of rotatable bonds is 4. The largest absolute Gasteiger partial charge is 0.367 e. The van der Waals surface area contributed by atoms with Gasteiger partial charge in [-0.1, -0.05) is 13.8 Å². The van der Waals surface area contributed by atoms with Crippen molar-refractivity contribution in [3.63, 3.8) is 0 Å². The maximum absolute atomic E-state index is 11.8. The molecule has 1 aliphatic carbocycles. The van der Waals surface area contributed by atoms with Gasteiger partial charge in [0.15, 0.2) is 0 Å². The van der Waals surface area contributed by atoms with Crippen molar-refractivity contribution >= 4 is 0 Å². The van der Waals surface area contributed by atoms with Crippen LogP contribution in [0.4, 0.5) is 0 Å². The van der Waals surface area contributed by atoms with Crippen LogP contribution in [0.3, 0.4) is 0 Å². The molecule has 0 atom stereocenters. The van der Waals surface area contributed by atoms with Crippen molar-refractivity contribution in [2.24, 2.45) is 11.1 Å². The maximum atomic E-state index is 11.8. The fraction of sp³-hybridized carbons (Fsp3) is 0.733. The highest BCUT2D eigenvalue weighted by Crippen LogP contribution is 2.46. The van der Waals surface area contributed by atoms with Crippen LogP contribution in [-0.4, -0.2) is 16.6 Å². The van der Waals surface area contributed by atoms with Crippen molar-refractivity contribution in [2.45, 2.75) is 58.6 Å². The van der Waals surface area contributed by atoms with Gasteiger partial charge in [0.05, 0.1) is 5.69 Å². The number of nitrogens with two attached hydrogens (primary N) is 1. The van der Waals surface area contributed by atoms with E-state index in [-0.39, 0.29) is 12.1 Å². The molecular formula is C15H25N3O2. The van der Waals surface area contributed by atoms with Gasteiger partial charge < -0.3 is 15.5 Å². The summed E-state index contributed by atoms with van der Waals surface area (Å²) < 4.78 is 6.03. The Labute approximate surface area is 119 Å². The molecule has 20 heavy (non-hydrogen) atoms. The second-order valence-electron chi connectivity index (χ2n) is 6.38. The fourth-order valence-corrected chi connectivity index (χ4v) is 2.88. The topological polar surface area (TPSA) is 81.0 Å². The summed E-state index contributed by atoms with van der Waals surface area (Å²) in [7, 11) is 0. The number of hydrogen-bond acceptors (Lipinski definition) is 4. The van der Waals surface area contributed by atoms with Gasteiger partial charge in [0.1, 0.15) is 11.4 Å². The molecule has 0 unspecified atom stereocenters. The molecule has 0 aromatic carbocycles. The Morgan fingerprint density at radius 1 is 1.35 bits per heavy atom. The zero-order valence-electron chi connectivity index (χ0n) is 12.7. The average Bonchev–Trinajstić information content (AvgIpc) is 2.41. The first kappa shape index (κ1) is 15.2. The van der Waals surface area contributed by atoms with Crippen molar-refractivity contribution in [1.82, 2.24) is 9.97 Å². The third-order valence-electron chi connectivity index (χ3n) is 4.27. The second kappa shape index (κ2) is 5.66. The lowest BCUT2D eigenvalue weighted by molar-refractivity contribution is -0.0950. The highest BCUT2D eigenvalue weighted by Gasteiger charge is 2.42. The van der Waals surface area contributed by atoms with Gasteiger partial charge in [-0.05, 0) is 38.0 Å². The lowest BCUT2D eigenvalue weighted by atomic mass is 9.70. The highest BCUT2D eigenvalue weighted by atomic mass is 16.5. The van der Waals surface area contributed by atoms with E-state index in [9.17, 15) is 4.79 Å². The molecule has 112 valence electrons. The standard InChI is InChI=1S/C15H25N3O2/c1-4-20-15(7-5-14(2,3)6-8-15)13-17-11(10-16)9-12(19)18-13/h9H,4-8,10,16H2,1-3H3,(H,17,18,19). The van der Waals surface area contributed by atoms with Crippen LogP contribution in [-0.2, 0) is 16.9 Å². The number of H-pyrrole nitrogens is 1. The van der Waals surface area contributed by atoms with Gasteiger partial charge in [-0.15, -0.1) is 0 Å². The summed E-state index contributed by atoms with van der Waals surface area (Å²) in [6.45, 7) is 7.40. The molecule has 0 radical (unpaired) electrons. The minimum absolute atomic E-state index is 0.153. The number of aromatic nitrogens is 2. The van der Waals surface area contributed by atoms with Crippen LogP contribution in [0.15, 0.2) is 10.9 Å². The van der Waals surface area contributed by atoms with Crippen LogP contribution in [0, 0.1) is 5.41 Å². The number of ether oxygens (including phenoxy) is 1. The summed E-state index contributed by atoms with van der Waals surface area (Å²) in [4.78, 5) is 19.1. The predicted molar refractivity (Wildman–Crippen MR) is 78.3 cm³/mol. The van der Waals surface area contributed by atoms with E-state index in [0.29, 0.717) is 23.5 Å². The Balaban J connectivity index is 2.38. The van der Waals surface area contributed by atoms with E-state index in [1.54, 1.807) is 0 Å². The monoisotopic (exact) mass is 279 g/mol. The van der Waals surface area contributed by atoms with Gasteiger partial charge in [0, 0.05) is 19.2 Å². The third kappa shape index (κ3) is 3.10. The van der Waals surface area contributed by atoms with Crippen LogP contribution in [0.5, 0.6) is 0 Å². The first-order valence-electron chi connectivity index (χ1n) is 7.35. The summed E-state index contributed by atoms with van der Waals surface area (Å²) in [5, 5.41) is 0. The molecule has 5 heteroatoms. The summed E-state index contributed by atoms with van der Waals surface area (Å²) in [5.41, 5.74) is 5.95. The van der Waals surface area contributed by atoms with Crippen molar-refractivity contribution in [3.8, 4) is 0 Å². The summed E-state index contributed by atoms with van der Waals surface area (Å²) in [5.74, 6) is 0.641. The normalized spacial score (nSPS) is 20.8. The van der Waals surface area contributed by atoms with Gasteiger partial charge in [0.25, 0.3) is 5.56 Å². The summed E-state index contributed by atoms with van der Waals surface area (Å²) >= 11 is 0. The van der Waals surface area contributed by atoms with Crippen LogP contribution in [0.2, 0.25) is 0 Å². The van der Waals surface area contributed by atoms with Gasteiger partial charge in [-0.2, -0.15) is 0 Å². The molecule has 1 aromatic rings. The smallest absolute Gasteiger partial charge is 0.251 e. The number of aromatic amines is 1. The molecule has 0 bridgehead atoms. The molecule has 1 saturated carbocycles. The number of nitrogens with one attached hydrogen (secondary N) is 1. The molecule has 0 saturated heterocycles. The van der Waals surface area contributed by atoms with E-state index >= 15 is 0 Å². The van der Waals surface area contributed by atoms with E-state index < -0.39 is 5.60 Å². The summed E-state index contributed by atoms with van der Waals surface area (Å²) in [6, 6.07) is 1.45. The molecular weight excluding hydrogens is 254 g/mol. The Morgan fingerprint density at radius 3 is 2.55 bits per heavy atom. The van der Waals surface area contributed by atoms with E-state index in [2.05, 4.69) is 23.8 Å².